The summed E-state index contributed by atoms with van der Waals surface area (Å²) in [6, 6.07) is 6.04. The molecule has 1 aromatic heterocycles. The molecule has 1 aliphatic carbocycles. The molecule has 94 valence electrons. The highest BCUT2D eigenvalue weighted by Crippen LogP contribution is 2.28. The van der Waals surface area contributed by atoms with E-state index in [9.17, 15) is 4.79 Å². The molecule has 4 nitrogen and oxygen atoms in total. The number of thiazole rings is 1. The van der Waals surface area contributed by atoms with E-state index in [1.54, 1.807) is 6.07 Å². The molecule has 0 atom stereocenters. The molecule has 2 N–H and O–H groups in total. The van der Waals surface area contributed by atoms with Gasteiger partial charge in [0.15, 0.2) is 5.13 Å². The van der Waals surface area contributed by atoms with Crippen LogP contribution in [-0.2, 0) is 4.79 Å². The van der Waals surface area contributed by atoms with E-state index in [4.69, 9.17) is 11.6 Å². The third-order valence-corrected chi connectivity index (χ3v) is 3.89. The fourth-order valence-corrected chi connectivity index (χ4v) is 2.80. The number of aromatic nitrogens is 1. The second-order valence-electron chi connectivity index (χ2n) is 4.33. The van der Waals surface area contributed by atoms with Crippen LogP contribution in [0.15, 0.2) is 18.2 Å². The quantitative estimate of drug-likeness (QED) is 0.906. The van der Waals surface area contributed by atoms with Crippen LogP contribution in [0.4, 0.5) is 5.13 Å². The summed E-state index contributed by atoms with van der Waals surface area (Å²) in [4.78, 5) is 16.0. The largest absolute Gasteiger partial charge is 0.306 e. The smallest absolute Gasteiger partial charge is 0.240 e. The van der Waals surface area contributed by atoms with Crippen molar-refractivity contribution in [1.82, 2.24) is 10.3 Å². The van der Waals surface area contributed by atoms with Crippen LogP contribution in [0.3, 0.4) is 0 Å². The second kappa shape index (κ2) is 4.84. The van der Waals surface area contributed by atoms with Gasteiger partial charge < -0.3 is 10.6 Å². The predicted molar refractivity (Wildman–Crippen MR) is 74.3 cm³/mol. The number of halogens is 1. The van der Waals surface area contributed by atoms with Gasteiger partial charge in [0, 0.05) is 11.1 Å². The van der Waals surface area contributed by atoms with E-state index in [0.29, 0.717) is 22.7 Å². The lowest BCUT2D eigenvalue weighted by Gasteiger charge is -2.01. The van der Waals surface area contributed by atoms with Gasteiger partial charge in [-0.25, -0.2) is 4.98 Å². The first kappa shape index (κ1) is 11.9. The summed E-state index contributed by atoms with van der Waals surface area (Å²) in [6.07, 6.45) is 2.35. The first-order chi connectivity index (χ1) is 8.70. The van der Waals surface area contributed by atoms with Crippen LogP contribution in [0, 0.1) is 0 Å². The molecule has 1 saturated carbocycles. The zero-order chi connectivity index (χ0) is 12.5. The lowest BCUT2D eigenvalue weighted by molar-refractivity contribution is -0.115. The summed E-state index contributed by atoms with van der Waals surface area (Å²) < 4.78 is 0.980. The lowest BCUT2D eigenvalue weighted by atomic mass is 10.3. The summed E-state index contributed by atoms with van der Waals surface area (Å²) >= 11 is 7.34. The maximum absolute atomic E-state index is 11.7. The summed E-state index contributed by atoms with van der Waals surface area (Å²) in [5.74, 6) is -0.0490. The second-order valence-corrected chi connectivity index (χ2v) is 5.80. The van der Waals surface area contributed by atoms with Gasteiger partial charge in [0.05, 0.1) is 16.8 Å². The Bertz CT molecular complexity index is 594. The molecule has 1 fully saturated rings. The zero-order valence-corrected chi connectivity index (χ0v) is 11.1. The van der Waals surface area contributed by atoms with Crippen LogP contribution in [0.25, 0.3) is 10.2 Å². The molecule has 1 aliphatic rings. The van der Waals surface area contributed by atoms with Gasteiger partial charge in [0.25, 0.3) is 0 Å². The van der Waals surface area contributed by atoms with E-state index in [1.165, 1.54) is 24.2 Å². The van der Waals surface area contributed by atoms with Crippen molar-refractivity contribution in [3.05, 3.63) is 23.2 Å². The van der Waals surface area contributed by atoms with Crippen LogP contribution in [-0.4, -0.2) is 23.5 Å². The molecule has 18 heavy (non-hydrogen) atoms. The number of hydrogen-bond donors (Lipinski definition) is 2. The van der Waals surface area contributed by atoms with Crippen molar-refractivity contribution < 1.29 is 4.79 Å². The molecule has 1 amide bonds. The van der Waals surface area contributed by atoms with Crippen molar-refractivity contribution in [2.75, 3.05) is 11.9 Å². The monoisotopic (exact) mass is 281 g/mol. The van der Waals surface area contributed by atoms with Crippen molar-refractivity contribution in [3.63, 3.8) is 0 Å². The first-order valence-corrected chi connectivity index (χ1v) is 6.99. The van der Waals surface area contributed by atoms with Gasteiger partial charge in [-0.2, -0.15) is 0 Å². The normalized spacial score (nSPS) is 14.9. The summed E-state index contributed by atoms with van der Waals surface area (Å²) in [7, 11) is 0. The maximum atomic E-state index is 11.7. The van der Waals surface area contributed by atoms with Crippen LogP contribution < -0.4 is 10.6 Å². The Balaban J connectivity index is 1.67. The zero-order valence-electron chi connectivity index (χ0n) is 9.57. The number of benzene rings is 1. The molecule has 6 heteroatoms. The van der Waals surface area contributed by atoms with E-state index in [1.807, 2.05) is 12.1 Å². The summed E-state index contributed by atoms with van der Waals surface area (Å²) in [5.41, 5.74) is 0.856. The Hall–Kier alpha value is -1.17. The molecule has 0 bridgehead atoms. The molecule has 0 spiro atoms. The number of rotatable bonds is 4. The standard InChI is InChI=1S/C12H12ClN3OS/c13-7-1-4-9-10(5-7)18-12(15-9)16-11(17)6-14-8-2-3-8/h1,4-5,8,14H,2-3,6H2,(H,15,16,17). The summed E-state index contributed by atoms with van der Waals surface area (Å²) in [6.45, 7) is 0.349. The van der Waals surface area contributed by atoms with Crippen LogP contribution in [0.5, 0.6) is 0 Å². The van der Waals surface area contributed by atoms with Crippen molar-refractivity contribution in [3.8, 4) is 0 Å². The van der Waals surface area contributed by atoms with Gasteiger partial charge in [-0.3, -0.25) is 4.79 Å². The molecular weight excluding hydrogens is 270 g/mol. The number of hydrogen-bond acceptors (Lipinski definition) is 4. The first-order valence-electron chi connectivity index (χ1n) is 5.80. The molecule has 2 aromatic rings. The van der Waals surface area contributed by atoms with E-state index < -0.39 is 0 Å². The maximum Gasteiger partial charge on any atom is 0.240 e. The van der Waals surface area contributed by atoms with E-state index >= 15 is 0 Å². The Morgan fingerprint density at radius 3 is 3.11 bits per heavy atom. The van der Waals surface area contributed by atoms with Gasteiger partial charge >= 0.3 is 0 Å². The molecule has 1 heterocycles. The van der Waals surface area contributed by atoms with Crippen molar-refractivity contribution in [2.24, 2.45) is 0 Å². The average Bonchev–Trinajstić information content (AvgIpc) is 3.07. The Labute approximate surface area is 113 Å². The van der Waals surface area contributed by atoms with Gasteiger partial charge in [-0.1, -0.05) is 22.9 Å². The fraction of sp³-hybridized carbons (Fsp3) is 0.333. The van der Waals surface area contributed by atoms with Crippen molar-refractivity contribution in [2.45, 2.75) is 18.9 Å². The van der Waals surface area contributed by atoms with Crippen LogP contribution in [0.2, 0.25) is 5.02 Å². The van der Waals surface area contributed by atoms with Gasteiger partial charge in [-0.05, 0) is 31.0 Å². The van der Waals surface area contributed by atoms with Crippen molar-refractivity contribution in [1.29, 1.82) is 0 Å². The SMILES string of the molecule is O=C(CNC1CC1)Nc1nc2ccc(Cl)cc2s1. The fourth-order valence-electron chi connectivity index (χ4n) is 1.64. The molecule has 0 aliphatic heterocycles. The topological polar surface area (TPSA) is 54.0 Å². The van der Waals surface area contributed by atoms with Crippen LogP contribution in [0.1, 0.15) is 12.8 Å². The highest BCUT2D eigenvalue weighted by molar-refractivity contribution is 7.22. The van der Waals surface area contributed by atoms with Crippen molar-refractivity contribution >= 4 is 44.2 Å². The molecule has 0 saturated heterocycles. The minimum Gasteiger partial charge on any atom is -0.306 e. The Morgan fingerprint density at radius 2 is 2.33 bits per heavy atom. The molecular formula is C12H12ClN3OS. The number of nitrogens with zero attached hydrogens (tertiary/aromatic N) is 1. The van der Waals surface area contributed by atoms with Gasteiger partial charge in [0.1, 0.15) is 0 Å². The number of carbonyl (C=O) groups excluding carboxylic acids is 1. The number of nitrogens with one attached hydrogen (secondary N) is 2. The van der Waals surface area contributed by atoms with Gasteiger partial charge in [0.2, 0.25) is 5.91 Å². The Kier molecular flexibility index (Phi) is 3.20. The number of fused-ring (bicyclic) bond motifs is 1. The molecule has 0 unspecified atom stereocenters. The number of carbonyl (C=O) groups is 1. The van der Waals surface area contributed by atoms with E-state index in [0.717, 1.165) is 10.2 Å². The lowest BCUT2D eigenvalue weighted by Crippen LogP contribution is -2.29. The summed E-state index contributed by atoms with van der Waals surface area (Å²) in [5, 5.41) is 7.26. The Morgan fingerprint density at radius 1 is 1.50 bits per heavy atom. The highest BCUT2D eigenvalue weighted by atomic mass is 35.5. The highest BCUT2D eigenvalue weighted by Gasteiger charge is 2.21. The third-order valence-electron chi connectivity index (χ3n) is 2.73. The predicted octanol–water partition coefficient (Wildman–Crippen LogP) is 2.64. The third kappa shape index (κ3) is 2.80. The van der Waals surface area contributed by atoms with Crippen LogP contribution >= 0.6 is 22.9 Å². The number of amides is 1. The average molecular weight is 282 g/mol. The number of anilines is 1. The molecule has 1 aromatic carbocycles. The minimum atomic E-state index is -0.0490. The molecule has 3 rings (SSSR count). The van der Waals surface area contributed by atoms with E-state index in [2.05, 4.69) is 15.6 Å². The van der Waals surface area contributed by atoms with E-state index in [-0.39, 0.29) is 5.91 Å². The molecule has 0 radical (unpaired) electrons. The minimum absolute atomic E-state index is 0.0490. The van der Waals surface area contributed by atoms with Gasteiger partial charge in [-0.15, -0.1) is 0 Å².